The summed E-state index contributed by atoms with van der Waals surface area (Å²) in [6, 6.07) is 34.1. The number of rotatable bonds is 2. The lowest BCUT2D eigenvalue weighted by molar-refractivity contribution is 0.434. The predicted molar refractivity (Wildman–Crippen MR) is 148 cm³/mol. The van der Waals surface area contributed by atoms with Gasteiger partial charge in [0.2, 0.25) is 0 Å². The summed E-state index contributed by atoms with van der Waals surface area (Å²) in [6.45, 7) is 0. The van der Waals surface area contributed by atoms with E-state index in [4.69, 9.17) is 4.18 Å². The molecule has 4 aromatic carbocycles. The Kier molecular flexibility index (Phi) is 5.10. The van der Waals surface area contributed by atoms with Gasteiger partial charge >= 0.3 is 10.1 Å². The molecular weight excluding hydrogens is 554 g/mol. The van der Waals surface area contributed by atoms with Crippen molar-refractivity contribution < 1.29 is 12.6 Å². The Labute approximate surface area is 222 Å². The van der Waals surface area contributed by atoms with Crippen LogP contribution in [-0.2, 0) is 10.1 Å². The maximum atomic E-state index is 13.8. The second-order valence-corrected chi connectivity index (χ2v) is 12.8. The van der Waals surface area contributed by atoms with Crippen LogP contribution in [-0.4, -0.2) is 18.2 Å². The molecule has 7 rings (SSSR count). The normalized spacial score (nSPS) is 21.8. The van der Waals surface area contributed by atoms with E-state index in [1.807, 2.05) is 72.8 Å². The summed E-state index contributed by atoms with van der Waals surface area (Å²) in [5, 5.41) is 1.02. The first-order valence-electron chi connectivity index (χ1n) is 11.7. The van der Waals surface area contributed by atoms with Gasteiger partial charge in [-0.05, 0) is 42.0 Å². The zero-order valence-corrected chi connectivity index (χ0v) is 22.1. The number of aromatic nitrogens is 1. The molecule has 3 atom stereocenters. The van der Waals surface area contributed by atoms with Crippen molar-refractivity contribution in [2.75, 3.05) is 0 Å². The lowest BCUT2D eigenvalue weighted by Crippen LogP contribution is -2.42. The smallest absolute Gasteiger partial charge is 0.314 e. The zero-order chi connectivity index (χ0) is 24.4. The predicted octanol–water partition coefficient (Wildman–Crippen LogP) is 7.46. The third-order valence-electron chi connectivity index (χ3n) is 7.03. The second-order valence-electron chi connectivity index (χ2n) is 9.06. The summed E-state index contributed by atoms with van der Waals surface area (Å²) in [4.78, 5) is 0. The fourth-order valence-corrected chi connectivity index (χ4v) is 9.63. The number of thioether (sulfide) groups is 1. The molecule has 0 amide bonds. The summed E-state index contributed by atoms with van der Waals surface area (Å²) in [5.41, 5.74) is 5.02. The second kappa shape index (κ2) is 8.26. The molecule has 2 aliphatic rings. The van der Waals surface area contributed by atoms with Gasteiger partial charge in [-0.1, -0.05) is 94.4 Å². The first-order chi connectivity index (χ1) is 17.5. The van der Waals surface area contributed by atoms with Crippen molar-refractivity contribution in [2.24, 2.45) is 0 Å². The van der Waals surface area contributed by atoms with Crippen LogP contribution in [0.3, 0.4) is 0 Å². The Balaban J connectivity index is 1.62. The molecule has 0 radical (unpaired) electrons. The minimum Gasteiger partial charge on any atom is -0.382 e. The molecule has 3 heterocycles. The van der Waals surface area contributed by atoms with E-state index >= 15 is 0 Å². The van der Waals surface area contributed by atoms with Crippen molar-refractivity contribution in [2.45, 2.75) is 21.4 Å². The van der Waals surface area contributed by atoms with Gasteiger partial charge in [-0.3, -0.25) is 0 Å². The highest BCUT2D eigenvalue weighted by atomic mass is 79.9. The lowest BCUT2D eigenvalue weighted by Gasteiger charge is -2.41. The quantitative estimate of drug-likeness (QED) is 0.205. The number of halogens is 1. The molecule has 0 spiro atoms. The van der Waals surface area contributed by atoms with Crippen molar-refractivity contribution in [3.63, 3.8) is 0 Å². The molecular formula is C29H20BrNO3S2. The SMILES string of the molecule is O=S1(=O)Oc2ccc(Br)cc2[C@H]2c3c(n(-c4ccccc4)c4ccccc34)S[C@H](c3ccccc3)[C@H]21. The standard InChI is InChI=1S/C29H20BrNO3S2/c30-19-15-16-24-22(17-19)25-26-21-13-7-8-14-23(21)31(20-11-5-2-6-12-20)29(26)35-27(18-9-3-1-4-10-18)28(25)36(32,33)34-24/h1-17,25,27-28H/t25-,27+,28-/m0/s1. The Morgan fingerprint density at radius 3 is 2.31 bits per heavy atom. The average molecular weight is 575 g/mol. The molecule has 4 nitrogen and oxygen atoms in total. The highest BCUT2D eigenvalue weighted by Crippen LogP contribution is 2.60. The first kappa shape index (κ1) is 22.2. The molecule has 0 aliphatic carbocycles. The van der Waals surface area contributed by atoms with Crippen LogP contribution in [0.1, 0.15) is 27.9 Å². The molecule has 178 valence electrons. The van der Waals surface area contributed by atoms with Crippen LogP contribution < -0.4 is 4.18 Å². The van der Waals surface area contributed by atoms with Gasteiger partial charge in [0, 0.05) is 32.6 Å². The number of para-hydroxylation sites is 2. The van der Waals surface area contributed by atoms with Crippen LogP contribution in [0.5, 0.6) is 5.75 Å². The maximum absolute atomic E-state index is 13.8. The summed E-state index contributed by atoms with van der Waals surface area (Å²) in [5.74, 6) is 0.0215. The van der Waals surface area contributed by atoms with Gasteiger partial charge in [-0.25, -0.2) is 0 Å². The first-order valence-corrected chi connectivity index (χ1v) is 14.8. The molecule has 1 aromatic heterocycles. The Morgan fingerprint density at radius 1 is 0.833 bits per heavy atom. The largest absolute Gasteiger partial charge is 0.382 e. The van der Waals surface area contributed by atoms with Gasteiger partial charge < -0.3 is 8.75 Å². The van der Waals surface area contributed by atoms with Gasteiger partial charge in [-0.15, -0.1) is 0 Å². The topological polar surface area (TPSA) is 48.3 Å². The van der Waals surface area contributed by atoms with Gasteiger partial charge in [0.1, 0.15) is 11.0 Å². The highest BCUT2D eigenvalue weighted by Gasteiger charge is 2.53. The van der Waals surface area contributed by atoms with Crippen molar-refractivity contribution in [3.05, 3.63) is 124 Å². The fourth-order valence-electron chi connectivity index (χ4n) is 5.59. The number of benzene rings is 4. The maximum Gasteiger partial charge on any atom is 0.314 e. The molecule has 2 aliphatic heterocycles. The third-order valence-corrected chi connectivity index (χ3v) is 10.8. The molecule has 0 saturated carbocycles. The monoisotopic (exact) mass is 573 g/mol. The third kappa shape index (κ3) is 3.30. The van der Waals surface area contributed by atoms with Gasteiger partial charge in [0.25, 0.3) is 0 Å². The fraction of sp³-hybridized carbons (Fsp3) is 0.103. The van der Waals surface area contributed by atoms with E-state index in [9.17, 15) is 8.42 Å². The molecule has 36 heavy (non-hydrogen) atoms. The molecule has 7 heteroatoms. The summed E-state index contributed by atoms with van der Waals surface area (Å²) in [6.07, 6.45) is 0. The van der Waals surface area contributed by atoms with Crippen molar-refractivity contribution in [1.82, 2.24) is 4.57 Å². The number of fused-ring (bicyclic) bond motifs is 7. The molecule has 0 N–H and O–H groups in total. The molecule has 0 bridgehead atoms. The van der Waals surface area contributed by atoms with E-state index in [2.05, 4.69) is 44.8 Å². The highest BCUT2D eigenvalue weighted by molar-refractivity contribution is 9.10. The van der Waals surface area contributed by atoms with Crippen molar-refractivity contribution in [3.8, 4) is 11.4 Å². The van der Waals surface area contributed by atoms with Crippen LogP contribution in [0.2, 0.25) is 0 Å². The van der Waals surface area contributed by atoms with E-state index < -0.39 is 15.4 Å². The van der Waals surface area contributed by atoms with E-state index in [0.29, 0.717) is 5.75 Å². The van der Waals surface area contributed by atoms with Crippen LogP contribution in [0, 0.1) is 0 Å². The summed E-state index contributed by atoms with van der Waals surface area (Å²) >= 11 is 5.23. The van der Waals surface area contributed by atoms with E-state index in [1.54, 1.807) is 17.8 Å². The molecule has 0 unspecified atom stereocenters. The van der Waals surface area contributed by atoms with Crippen LogP contribution in [0.15, 0.2) is 113 Å². The minimum absolute atomic E-state index is 0.340. The van der Waals surface area contributed by atoms with Crippen molar-refractivity contribution in [1.29, 1.82) is 0 Å². The summed E-state index contributed by atoms with van der Waals surface area (Å²) in [7, 11) is -3.92. The van der Waals surface area contributed by atoms with E-state index in [-0.39, 0.29) is 11.2 Å². The van der Waals surface area contributed by atoms with Crippen LogP contribution in [0.25, 0.3) is 16.6 Å². The summed E-state index contributed by atoms with van der Waals surface area (Å²) < 4.78 is 36.6. The number of nitrogens with zero attached hydrogens (tertiary/aromatic N) is 1. The Bertz CT molecular complexity index is 1730. The molecule has 0 saturated heterocycles. The van der Waals surface area contributed by atoms with Gasteiger partial charge in [0.15, 0.2) is 0 Å². The van der Waals surface area contributed by atoms with E-state index in [1.165, 1.54) is 0 Å². The molecule has 5 aromatic rings. The van der Waals surface area contributed by atoms with Crippen LogP contribution in [0.4, 0.5) is 0 Å². The zero-order valence-electron chi connectivity index (χ0n) is 18.9. The minimum atomic E-state index is -3.92. The molecule has 0 fully saturated rings. The Morgan fingerprint density at radius 2 is 1.53 bits per heavy atom. The number of hydrogen-bond acceptors (Lipinski definition) is 4. The van der Waals surface area contributed by atoms with Gasteiger partial charge in [-0.2, -0.15) is 8.42 Å². The van der Waals surface area contributed by atoms with Gasteiger partial charge in [0.05, 0.1) is 15.8 Å². The number of hydrogen-bond donors (Lipinski definition) is 0. The Hall–Kier alpha value is -3.00. The lowest BCUT2D eigenvalue weighted by atomic mass is 9.84. The van der Waals surface area contributed by atoms with Crippen molar-refractivity contribution >= 4 is 48.7 Å². The van der Waals surface area contributed by atoms with E-state index in [0.717, 1.165) is 42.8 Å². The van der Waals surface area contributed by atoms with Crippen LogP contribution >= 0.6 is 27.7 Å². The average Bonchev–Trinajstić information content (AvgIpc) is 3.23.